The molecule has 0 amide bonds. The molecule has 2 bridgehead atoms. The predicted octanol–water partition coefficient (Wildman–Crippen LogP) is 1.36. The maximum absolute atomic E-state index is 13.2. The lowest BCUT2D eigenvalue weighted by atomic mass is 9.46. The number of aliphatic hydroxyl groups is 1. The van der Waals surface area contributed by atoms with Crippen LogP contribution in [0.5, 0.6) is 0 Å². The molecule has 0 unspecified atom stereocenters. The van der Waals surface area contributed by atoms with Crippen LogP contribution in [0, 0.1) is 28.6 Å². The Labute approximate surface area is 163 Å². The Hall–Kier alpha value is -2.02. The summed E-state index contributed by atoms with van der Waals surface area (Å²) < 4.78 is 11.1. The van der Waals surface area contributed by atoms with E-state index in [9.17, 15) is 24.3 Å². The van der Waals surface area contributed by atoms with Crippen LogP contribution < -0.4 is 0 Å². The predicted molar refractivity (Wildman–Crippen MR) is 95.8 cm³/mol. The van der Waals surface area contributed by atoms with E-state index in [0.29, 0.717) is 31.3 Å². The Balaban J connectivity index is 1.88. The SMILES string of the molecule is C=C1C(=O)[C@]23C[C@H]1C[C@@H](O)[C@H]2[C@@]1(CCC[C@@](C)(OC(C)=O)[C@H]1C=O)COC3=O. The Kier molecular flexibility index (Phi) is 4.13. The van der Waals surface area contributed by atoms with Crippen LogP contribution in [0.1, 0.15) is 46.0 Å². The maximum atomic E-state index is 13.2. The number of rotatable bonds is 2. The monoisotopic (exact) mass is 390 g/mol. The number of allylic oxidation sites excluding steroid dienone is 1. The Bertz CT molecular complexity index is 788. The summed E-state index contributed by atoms with van der Waals surface area (Å²) in [6, 6.07) is 0. The zero-order valence-electron chi connectivity index (χ0n) is 16.2. The molecule has 0 radical (unpaired) electrons. The lowest BCUT2D eigenvalue weighted by Gasteiger charge is -2.60. The van der Waals surface area contributed by atoms with Crippen LogP contribution in [-0.4, -0.2) is 47.4 Å². The van der Waals surface area contributed by atoms with Gasteiger partial charge in [-0.25, -0.2) is 0 Å². The van der Waals surface area contributed by atoms with E-state index >= 15 is 0 Å². The smallest absolute Gasteiger partial charge is 0.320 e. The van der Waals surface area contributed by atoms with Crippen LogP contribution in [0.2, 0.25) is 0 Å². The van der Waals surface area contributed by atoms with E-state index in [1.54, 1.807) is 6.92 Å². The first-order chi connectivity index (χ1) is 13.1. The molecule has 3 aliphatic carbocycles. The summed E-state index contributed by atoms with van der Waals surface area (Å²) in [5.74, 6) is -3.29. The second kappa shape index (κ2) is 5.99. The molecule has 1 N–H and O–H groups in total. The van der Waals surface area contributed by atoms with Crippen molar-refractivity contribution in [2.45, 2.75) is 57.7 Å². The highest BCUT2D eigenvalue weighted by atomic mass is 16.6. The standard InChI is InChI=1S/C21H26O7/c1-11-13-7-14(24)16-20(10-27-18(26)21(16,8-13)17(11)25)6-4-5-19(3,15(20)9-22)28-12(2)23/h9,13-16,24H,1,4-8,10H2,2-3H3/t13-,14-,15-,16+,19-,20+,21+/m1/s1. The van der Waals surface area contributed by atoms with E-state index in [2.05, 4.69) is 6.58 Å². The van der Waals surface area contributed by atoms with Crippen molar-refractivity contribution in [3.63, 3.8) is 0 Å². The van der Waals surface area contributed by atoms with Crippen molar-refractivity contribution < 1.29 is 33.8 Å². The van der Waals surface area contributed by atoms with E-state index in [1.165, 1.54) is 6.92 Å². The van der Waals surface area contributed by atoms with Crippen LogP contribution in [-0.2, 0) is 28.7 Å². The number of cyclic esters (lactones) is 1. The van der Waals surface area contributed by atoms with Gasteiger partial charge in [-0.3, -0.25) is 14.4 Å². The molecular formula is C21H26O7. The quantitative estimate of drug-likeness (QED) is 0.328. The summed E-state index contributed by atoms with van der Waals surface area (Å²) >= 11 is 0. The summed E-state index contributed by atoms with van der Waals surface area (Å²) in [5.41, 5.74) is -3.17. The number of carbonyl (C=O) groups is 4. The molecule has 1 saturated heterocycles. The van der Waals surface area contributed by atoms with Gasteiger partial charge in [-0.2, -0.15) is 0 Å². The van der Waals surface area contributed by atoms with Crippen LogP contribution in [0.15, 0.2) is 12.2 Å². The van der Waals surface area contributed by atoms with Crippen molar-refractivity contribution in [1.82, 2.24) is 0 Å². The number of hydrogen-bond acceptors (Lipinski definition) is 7. The minimum Gasteiger partial charge on any atom is -0.464 e. The lowest BCUT2D eigenvalue weighted by Crippen LogP contribution is -2.68. The van der Waals surface area contributed by atoms with Crippen molar-refractivity contribution in [2.75, 3.05) is 6.61 Å². The van der Waals surface area contributed by atoms with Crippen molar-refractivity contribution in [1.29, 1.82) is 0 Å². The summed E-state index contributed by atoms with van der Waals surface area (Å²) in [4.78, 5) is 50.1. The van der Waals surface area contributed by atoms with Crippen molar-refractivity contribution in [3.05, 3.63) is 12.2 Å². The zero-order valence-corrected chi connectivity index (χ0v) is 16.2. The minimum atomic E-state index is -1.49. The molecule has 0 aromatic heterocycles. The molecule has 0 aromatic carbocycles. The number of aliphatic hydroxyl groups excluding tert-OH is 1. The van der Waals surface area contributed by atoms with Gasteiger partial charge in [-0.15, -0.1) is 0 Å². The molecule has 0 aromatic rings. The van der Waals surface area contributed by atoms with Crippen molar-refractivity contribution in [2.24, 2.45) is 28.6 Å². The first kappa shape index (κ1) is 19.3. The number of hydrogen-bond donors (Lipinski definition) is 1. The fraction of sp³-hybridized carbons (Fsp3) is 0.714. The highest BCUT2D eigenvalue weighted by Crippen LogP contribution is 2.66. The number of ether oxygens (including phenoxy) is 2. The van der Waals surface area contributed by atoms with E-state index in [4.69, 9.17) is 9.47 Å². The zero-order chi connectivity index (χ0) is 20.5. The van der Waals surface area contributed by atoms with Crippen molar-refractivity contribution >= 4 is 24.0 Å². The van der Waals surface area contributed by atoms with Gasteiger partial charge in [0, 0.05) is 18.3 Å². The van der Waals surface area contributed by atoms with E-state index in [-0.39, 0.29) is 24.7 Å². The van der Waals surface area contributed by atoms with Crippen LogP contribution in [0.4, 0.5) is 0 Å². The Morgan fingerprint density at radius 2 is 2.07 bits per heavy atom. The first-order valence-electron chi connectivity index (χ1n) is 9.86. The van der Waals surface area contributed by atoms with Crippen LogP contribution in [0.25, 0.3) is 0 Å². The second-order valence-electron chi connectivity index (χ2n) is 9.19. The molecule has 28 heavy (non-hydrogen) atoms. The summed E-state index contributed by atoms with van der Waals surface area (Å²) in [5, 5.41) is 11.1. The topological polar surface area (TPSA) is 107 Å². The molecule has 3 saturated carbocycles. The lowest BCUT2D eigenvalue weighted by molar-refractivity contribution is -0.238. The summed E-state index contributed by atoms with van der Waals surface area (Å²) in [6.45, 7) is 6.80. The summed E-state index contributed by atoms with van der Waals surface area (Å²) in [6.07, 6.45) is 2.05. The van der Waals surface area contributed by atoms with Crippen LogP contribution >= 0.6 is 0 Å². The summed E-state index contributed by atoms with van der Waals surface area (Å²) in [7, 11) is 0. The number of fused-ring (bicyclic) bond motifs is 2. The molecule has 4 fully saturated rings. The molecule has 4 rings (SSSR count). The maximum Gasteiger partial charge on any atom is 0.320 e. The van der Waals surface area contributed by atoms with Gasteiger partial charge in [0.2, 0.25) is 0 Å². The highest BCUT2D eigenvalue weighted by molar-refractivity contribution is 6.15. The van der Waals surface area contributed by atoms with E-state index in [1.807, 2.05) is 0 Å². The second-order valence-corrected chi connectivity index (χ2v) is 9.19. The Morgan fingerprint density at radius 1 is 1.36 bits per heavy atom. The highest BCUT2D eigenvalue weighted by Gasteiger charge is 2.74. The first-order valence-corrected chi connectivity index (χ1v) is 9.86. The molecule has 2 spiro atoms. The van der Waals surface area contributed by atoms with Gasteiger partial charge in [0.05, 0.1) is 18.6 Å². The average molecular weight is 390 g/mol. The third-order valence-electron chi connectivity index (χ3n) is 7.76. The largest absolute Gasteiger partial charge is 0.464 e. The number of aldehydes is 1. The number of Topliss-reactive ketones (excluding diaryl/α,β-unsaturated/α-hetero) is 1. The fourth-order valence-electron chi connectivity index (χ4n) is 6.84. The molecule has 7 atom stereocenters. The fourth-order valence-corrected chi connectivity index (χ4v) is 6.84. The van der Waals surface area contributed by atoms with Gasteiger partial charge in [0.25, 0.3) is 0 Å². The normalized spacial score (nSPS) is 47.5. The number of ketones is 1. The van der Waals surface area contributed by atoms with Crippen molar-refractivity contribution in [3.8, 4) is 0 Å². The van der Waals surface area contributed by atoms with E-state index < -0.39 is 46.3 Å². The van der Waals surface area contributed by atoms with Gasteiger partial charge in [-0.05, 0) is 50.5 Å². The molecule has 1 aliphatic heterocycles. The number of carbonyl (C=O) groups excluding carboxylic acids is 4. The minimum absolute atomic E-state index is 0.0695. The van der Waals surface area contributed by atoms with Gasteiger partial charge in [-0.1, -0.05) is 6.58 Å². The van der Waals surface area contributed by atoms with Gasteiger partial charge >= 0.3 is 11.9 Å². The Morgan fingerprint density at radius 3 is 2.71 bits per heavy atom. The molecule has 4 aliphatic rings. The van der Waals surface area contributed by atoms with Crippen LogP contribution in [0.3, 0.4) is 0 Å². The van der Waals surface area contributed by atoms with Gasteiger partial charge < -0.3 is 19.4 Å². The number of esters is 2. The van der Waals surface area contributed by atoms with Gasteiger partial charge in [0.15, 0.2) is 5.78 Å². The average Bonchev–Trinajstić information content (AvgIpc) is 2.80. The third-order valence-corrected chi connectivity index (χ3v) is 7.76. The molecule has 7 nitrogen and oxygen atoms in total. The molecule has 1 heterocycles. The molecular weight excluding hydrogens is 364 g/mol. The van der Waals surface area contributed by atoms with E-state index in [0.717, 1.165) is 6.29 Å². The molecule has 152 valence electrons. The van der Waals surface area contributed by atoms with Gasteiger partial charge in [0.1, 0.15) is 17.3 Å². The third kappa shape index (κ3) is 2.19. The molecule has 7 heteroatoms.